The Morgan fingerprint density at radius 2 is 2.12 bits per heavy atom. The maximum atomic E-state index is 13.0. The molecule has 0 radical (unpaired) electrons. The second kappa shape index (κ2) is 5.12. The molecule has 1 aromatic carbocycles. The van der Waals surface area contributed by atoms with Gasteiger partial charge in [-0.2, -0.15) is 0 Å². The minimum Gasteiger partial charge on any atom is -0.384 e. The van der Waals surface area contributed by atoms with E-state index in [1.165, 1.54) is 12.3 Å². The molecule has 2 nitrogen and oxygen atoms in total. The van der Waals surface area contributed by atoms with Crippen molar-refractivity contribution in [2.45, 2.75) is 6.10 Å². The Labute approximate surface area is 111 Å². The van der Waals surface area contributed by atoms with Crippen molar-refractivity contribution < 1.29 is 9.50 Å². The van der Waals surface area contributed by atoms with E-state index >= 15 is 0 Å². The van der Waals surface area contributed by atoms with Crippen molar-refractivity contribution >= 4 is 27.5 Å². The molecule has 2 aromatic rings. The van der Waals surface area contributed by atoms with E-state index in [0.29, 0.717) is 20.6 Å². The van der Waals surface area contributed by atoms with Gasteiger partial charge in [-0.1, -0.05) is 23.7 Å². The zero-order chi connectivity index (χ0) is 12.4. The summed E-state index contributed by atoms with van der Waals surface area (Å²) in [5, 5.41) is 10.5. The van der Waals surface area contributed by atoms with Crippen LogP contribution in [0.1, 0.15) is 17.2 Å². The van der Waals surface area contributed by atoms with Gasteiger partial charge in [-0.05, 0) is 28.1 Å². The van der Waals surface area contributed by atoms with Gasteiger partial charge >= 0.3 is 0 Å². The first-order chi connectivity index (χ1) is 8.09. The summed E-state index contributed by atoms with van der Waals surface area (Å²) in [7, 11) is 0. The highest BCUT2D eigenvalue weighted by Gasteiger charge is 2.16. The minimum absolute atomic E-state index is 0.366. The Morgan fingerprint density at radius 3 is 2.82 bits per heavy atom. The van der Waals surface area contributed by atoms with Crippen molar-refractivity contribution in [2.75, 3.05) is 0 Å². The molecule has 0 saturated heterocycles. The first-order valence-electron chi connectivity index (χ1n) is 4.82. The fourth-order valence-corrected chi connectivity index (χ4v) is 2.10. The Balaban J connectivity index is 2.44. The molecule has 1 atom stereocenters. The summed E-state index contributed by atoms with van der Waals surface area (Å²) in [5.41, 5.74) is 0.874. The summed E-state index contributed by atoms with van der Waals surface area (Å²) in [6.45, 7) is 0. The molecule has 88 valence electrons. The summed E-state index contributed by atoms with van der Waals surface area (Å²) in [6.07, 6.45) is 1.49. The van der Waals surface area contributed by atoms with E-state index in [-0.39, 0.29) is 0 Å². The van der Waals surface area contributed by atoms with E-state index in [1.54, 1.807) is 18.2 Å². The van der Waals surface area contributed by atoms with Gasteiger partial charge in [0.15, 0.2) is 0 Å². The summed E-state index contributed by atoms with van der Waals surface area (Å²) in [6, 6.07) is 6.43. The molecule has 17 heavy (non-hydrogen) atoms. The van der Waals surface area contributed by atoms with Crippen LogP contribution in [0.3, 0.4) is 0 Å². The molecule has 0 aliphatic heterocycles. The number of rotatable bonds is 2. The number of aromatic nitrogens is 1. The number of hydrogen-bond donors (Lipinski definition) is 1. The lowest BCUT2D eigenvalue weighted by atomic mass is 10.0. The predicted molar refractivity (Wildman–Crippen MR) is 67.4 cm³/mol. The molecular weight excluding hydrogens is 308 g/mol. The van der Waals surface area contributed by atoms with Gasteiger partial charge in [-0.3, -0.25) is 4.98 Å². The monoisotopic (exact) mass is 315 g/mol. The van der Waals surface area contributed by atoms with E-state index in [0.717, 1.165) is 6.20 Å². The molecule has 0 amide bonds. The largest absolute Gasteiger partial charge is 0.384 e. The van der Waals surface area contributed by atoms with Gasteiger partial charge in [-0.15, -0.1) is 0 Å². The predicted octanol–water partition coefficient (Wildman–Crippen LogP) is 3.72. The topological polar surface area (TPSA) is 33.1 Å². The highest BCUT2D eigenvalue weighted by Crippen LogP contribution is 2.33. The lowest BCUT2D eigenvalue weighted by Crippen LogP contribution is -2.02. The van der Waals surface area contributed by atoms with Gasteiger partial charge in [0.05, 0.1) is 11.2 Å². The summed E-state index contributed by atoms with van der Waals surface area (Å²) in [5.74, 6) is -0.493. The summed E-state index contributed by atoms with van der Waals surface area (Å²) in [4.78, 5) is 3.69. The fraction of sp³-hybridized carbons (Fsp3) is 0.0833. The zero-order valence-corrected chi connectivity index (χ0v) is 10.9. The van der Waals surface area contributed by atoms with Gasteiger partial charge in [0.25, 0.3) is 0 Å². The van der Waals surface area contributed by atoms with Crippen molar-refractivity contribution in [3.63, 3.8) is 0 Å². The van der Waals surface area contributed by atoms with Crippen molar-refractivity contribution in [3.8, 4) is 0 Å². The number of nitrogens with zero attached hydrogens (tertiary/aromatic N) is 1. The Bertz CT molecular complexity index is 550. The first kappa shape index (κ1) is 12.5. The molecule has 0 aliphatic rings. The zero-order valence-electron chi connectivity index (χ0n) is 8.57. The van der Waals surface area contributed by atoms with Gasteiger partial charge in [0, 0.05) is 21.8 Å². The molecule has 1 heterocycles. The second-order valence-electron chi connectivity index (χ2n) is 3.48. The van der Waals surface area contributed by atoms with Crippen LogP contribution in [0.2, 0.25) is 5.02 Å². The number of aliphatic hydroxyl groups is 1. The highest BCUT2D eigenvalue weighted by atomic mass is 79.9. The number of hydrogen-bond acceptors (Lipinski definition) is 2. The molecule has 2 rings (SSSR count). The normalized spacial score (nSPS) is 12.5. The van der Waals surface area contributed by atoms with Crippen molar-refractivity contribution in [3.05, 3.63) is 63.1 Å². The van der Waals surface area contributed by atoms with Crippen LogP contribution < -0.4 is 0 Å². The lowest BCUT2D eigenvalue weighted by Gasteiger charge is -2.13. The van der Waals surface area contributed by atoms with Crippen molar-refractivity contribution in [1.29, 1.82) is 0 Å². The van der Waals surface area contributed by atoms with E-state index in [1.807, 2.05) is 0 Å². The molecule has 1 N–H and O–H groups in total. The van der Waals surface area contributed by atoms with Crippen LogP contribution in [0.5, 0.6) is 0 Å². The molecular formula is C12H8BrClFNO. The molecule has 0 spiro atoms. The molecule has 1 aromatic heterocycles. The van der Waals surface area contributed by atoms with Crippen molar-refractivity contribution in [2.24, 2.45) is 0 Å². The smallest absolute Gasteiger partial charge is 0.141 e. The van der Waals surface area contributed by atoms with Crippen LogP contribution >= 0.6 is 27.5 Å². The third-order valence-electron chi connectivity index (χ3n) is 2.32. The molecule has 0 bridgehead atoms. The van der Waals surface area contributed by atoms with Gasteiger partial charge in [0.2, 0.25) is 0 Å². The maximum absolute atomic E-state index is 13.0. The van der Waals surface area contributed by atoms with E-state index < -0.39 is 11.9 Å². The molecule has 0 fully saturated rings. The lowest BCUT2D eigenvalue weighted by molar-refractivity contribution is 0.219. The maximum Gasteiger partial charge on any atom is 0.141 e. The summed E-state index contributed by atoms with van der Waals surface area (Å²) >= 11 is 9.33. The second-order valence-corrected chi connectivity index (χ2v) is 4.71. The van der Waals surface area contributed by atoms with E-state index in [2.05, 4.69) is 20.9 Å². The van der Waals surface area contributed by atoms with Crippen LogP contribution in [-0.4, -0.2) is 10.1 Å². The first-order valence-corrected chi connectivity index (χ1v) is 5.99. The molecule has 1 unspecified atom stereocenters. The van der Waals surface area contributed by atoms with Gasteiger partial charge in [-0.25, -0.2) is 4.39 Å². The van der Waals surface area contributed by atoms with Crippen LogP contribution in [-0.2, 0) is 0 Å². The number of pyridine rings is 1. The quantitative estimate of drug-likeness (QED) is 0.916. The average Bonchev–Trinajstić information content (AvgIpc) is 2.32. The van der Waals surface area contributed by atoms with Gasteiger partial charge < -0.3 is 5.11 Å². The third-order valence-corrected chi connectivity index (χ3v) is 3.63. The Kier molecular flexibility index (Phi) is 3.76. The Morgan fingerprint density at radius 1 is 1.35 bits per heavy atom. The Hall–Kier alpha value is -0.970. The fourth-order valence-electron chi connectivity index (χ4n) is 1.49. The molecule has 0 saturated carbocycles. The highest BCUT2D eigenvalue weighted by molar-refractivity contribution is 9.10. The van der Waals surface area contributed by atoms with Crippen molar-refractivity contribution in [1.82, 2.24) is 4.98 Å². The third kappa shape index (κ3) is 2.65. The van der Waals surface area contributed by atoms with Crippen LogP contribution in [0, 0.1) is 5.82 Å². The molecule has 0 aliphatic carbocycles. The molecule has 5 heteroatoms. The average molecular weight is 317 g/mol. The SMILES string of the molecule is OC(c1cncc(F)c1)c1cccc(Br)c1Cl. The van der Waals surface area contributed by atoms with E-state index in [4.69, 9.17) is 11.6 Å². The summed E-state index contributed by atoms with van der Waals surface area (Å²) < 4.78 is 13.7. The number of benzene rings is 1. The van der Waals surface area contributed by atoms with Crippen LogP contribution in [0.15, 0.2) is 41.1 Å². The van der Waals surface area contributed by atoms with Crippen LogP contribution in [0.4, 0.5) is 4.39 Å². The minimum atomic E-state index is -0.997. The number of aliphatic hydroxyl groups excluding tert-OH is 1. The number of halogens is 3. The van der Waals surface area contributed by atoms with Crippen LogP contribution in [0.25, 0.3) is 0 Å². The standard InChI is InChI=1S/C12H8BrClFNO/c13-10-3-1-2-9(11(10)14)12(17)7-4-8(15)6-16-5-7/h1-6,12,17H. The van der Waals surface area contributed by atoms with E-state index in [9.17, 15) is 9.50 Å². The van der Waals surface area contributed by atoms with Gasteiger partial charge in [0.1, 0.15) is 11.9 Å².